The van der Waals surface area contributed by atoms with E-state index in [0.717, 1.165) is 18.9 Å². The molecule has 0 aromatic heterocycles. The van der Waals surface area contributed by atoms with Crippen LogP contribution in [0.25, 0.3) is 0 Å². The fraction of sp³-hybridized carbons (Fsp3) is 0.923. The summed E-state index contributed by atoms with van der Waals surface area (Å²) in [4.78, 5) is 13.5. The van der Waals surface area contributed by atoms with Crippen LogP contribution >= 0.6 is 0 Å². The molecule has 0 saturated heterocycles. The lowest BCUT2D eigenvalue weighted by atomic mass is 9.83. The van der Waals surface area contributed by atoms with Gasteiger partial charge >= 0.3 is 6.03 Å². The molecule has 2 amide bonds. The minimum absolute atomic E-state index is 0.0612. The maximum atomic E-state index is 11.8. The van der Waals surface area contributed by atoms with E-state index < -0.39 is 5.60 Å². The maximum Gasteiger partial charge on any atom is 0.317 e. The Kier molecular flexibility index (Phi) is 5.25. The van der Waals surface area contributed by atoms with Crippen molar-refractivity contribution in [1.29, 1.82) is 0 Å². The molecule has 1 aliphatic rings. The van der Waals surface area contributed by atoms with Gasteiger partial charge in [-0.25, -0.2) is 4.79 Å². The van der Waals surface area contributed by atoms with Crippen molar-refractivity contribution in [3.05, 3.63) is 0 Å². The van der Waals surface area contributed by atoms with Crippen LogP contribution in [0.3, 0.4) is 0 Å². The molecule has 0 aromatic rings. The summed E-state index contributed by atoms with van der Waals surface area (Å²) in [5.41, 5.74) is -0.832. The van der Waals surface area contributed by atoms with Crippen molar-refractivity contribution in [1.82, 2.24) is 10.2 Å². The highest BCUT2D eigenvalue weighted by atomic mass is 16.3. The number of urea groups is 1. The average Bonchev–Trinajstić information content (AvgIpc) is 2.16. The highest BCUT2D eigenvalue weighted by Crippen LogP contribution is 2.28. The van der Waals surface area contributed by atoms with Crippen molar-refractivity contribution < 1.29 is 9.90 Å². The first-order valence-electron chi connectivity index (χ1n) is 6.67. The Bertz CT molecular complexity index is 244. The Labute approximate surface area is 104 Å². The molecule has 1 saturated carbocycles. The summed E-state index contributed by atoms with van der Waals surface area (Å²) < 4.78 is 0. The van der Waals surface area contributed by atoms with Gasteiger partial charge in [0.15, 0.2) is 0 Å². The zero-order valence-corrected chi connectivity index (χ0v) is 11.3. The largest absolute Gasteiger partial charge is 0.389 e. The third kappa shape index (κ3) is 5.39. The number of hydrogen-bond donors (Lipinski definition) is 2. The van der Waals surface area contributed by atoms with Crippen LogP contribution in [0, 0.1) is 5.92 Å². The van der Waals surface area contributed by atoms with Gasteiger partial charge in [0, 0.05) is 13.1 Å². The van der Waals surface area contributed by atoms with Crippen LogP contribution in [0.5, 0.6) is 0 Å². The van der Waals surface area contributed by atoms with Gasteiger partial charge in [-0.05, 0) is 33.1 Å². The number of hydrogen-bond acceptors (Lipinski definition) is 2. The monoisotopic (exact) mass is 242 g/mol. The molecule has 0 spiro atoms. The molecule has 0 heterocycles. The van der Waals surface area contributed by atoms with Crippen LogP contribution in [0.1, 0.15) is 46.5 Å². The highest BCUT2D eigenvalue weighted by Gasteiger charge is 2.22. The molecule has 1 rings (SSSR count). The number of aliphatic hydroxyl groups is 1. The average molecular weight is 242 g/mol. The first kappa shape index (κ1) is 14.3. The fourth-order valence-electron chi connectivity index (χ4n) is 2.07. The smallest absolute Gasteiger partial charge is 0.317 e. The number of amides is 2. The molecular formula is C13H26N2O2. The Morgan fingerprint density at radius 3 is 2.53 bits per heavy atom. The molecular weight excluding hydrogens is 216 g/mol. The fourth-order valence-corrected chi connectivity index (χ4v) is 2.07. The van der Waals surface area contributed by atoms with Crippen LogP contribution in [0.4, 0.5) is 4.79 Å². The summed E-state index contributed by atoms with van der Waals surface area (Å²) in [6.07, 6.45) is 5.07. The number of nitrogens with zero attached hydrogens (tertiary/aromatic N) is 1. The van der Waals surface area contributed by atoms with E-state index >= 15 is 0 Å². The Morgan fingerprint density at radius 2 is 2.12 bits per heavy atom. The van der Waals surface area contributed by atoms with Gasteiger partial charge in [-0.15, -0.1) is 0 Å². The van der Waals surface area contributed by atoms with Gasteiger partial charge in [-0.3, -0.25) is 0 Å². The lowest BCUT2D eigenvalue weighted by Crippen LogP contribution is -2.47. The maximum absolute atomic E-state index is 11.8. The second-order valence-electron chi connectivity index (χ2n) is 5.64. The molecule has 0 aromatic carbocycles. The zero-order valence-electron chi connectivity index (χ0n) is 11.3. The summed E-state index contributed by atoms with van der Waals surface area (Å²) in [6.45, 7) is 7.12. The van der Waals surface area contributed by atoms with Crippen molar-refractivity contribution in [3.8, 4) is 0 Å². The van der Waals surface area contributed by atoms with Gasteiger partial charge in [-0.2, -0.15) is 0 Å². The number of carbonyl (C=O) groups is 1. The van der Waals surface area contributed by atoms with Crippen molar-refractivity contribution in [2.24, 2.45) is 5.92 Å². The van der Waals surface area contributed by atoms with Crippen LogP contribution in [0.15, 0.2) is 0 Å². The topological polar surface area (TPSA) is 52.6 Å². The first-order chi connectivity index (χ1) is 7.92. The standard InChI is InChI=1S/C13H26N2O2/c1-4-15(10-13(2,3)17)12(16)14-9-8-11-6-5-7-11/h11,17H,4-10H2,1-3H3,(H,14,16). The Hall–Kier alpha value is -0.770. The minimum Gasteiger partial charge on any atom is -0.389 e. The molecule has 0 bridgehead atoms. The van der Waals surface area contributed by atoms with E-state index in [-0.39, 0.29) is 6.03 Å². The first-order valence-corrected chi connectivity index (χ1v) is 6.67. The molecule has 0 unspecified atom stereocenters. The molecule has 17 heavy (non-hydrogen) atoms. The van der Waals surface area contributed by atoms with E-state index in [1.807, 2.05) is 6.92 Å². The molecule has 0 atom stereocenters. The molecule has 2 N–H and O–H groups in total. The van der Waals surface area contributed by atoms with Gasteiger partial charge in [0.25, 0.3) is 0 Å². The summed E-state index contributed by atoms with van der Waals surface area (Å²) in [7, 11) is 0. The van der Waals surface area contributed by atoms with Crippen LogP contribution in [0.2, 0.25) is 0 Å². The number of nitrogens with one attached hydrogen (secondary N) is 1. The Balaban J connectivity index is 2.22. The van der Waals surface area contributed by atoms with Gasteiger partial charge in [0.1, 0.15) is 0 Å². The van der Waals surface area contributed by atoms with E-state index in [4.69, 9.17) is 0 Å². The predicted molar refractivity (Wildman–Crippen MR) is 68.9 cm³/mol. The molecule has 1 fully saturated rings. The van der Waals surface area contributed by atoms with Gasteiger partial charge in [-0.1, -0.05) is 19.3 Å². The number of rotatable bonds is 6. The van der Waals surface area contributed by atoms with Crippen LogP contribution < -0.4 is 5.32 Å². The van der Waals surface area contributed by atoms with Gasteiger partial charge in [0.2, 0.25) is 0 Å². The Morgan fingerprint density at radius 1 is 1.47 bits per heavy atom. The van der Waals surface area contributed by atoms with Crippen molar-refractivity contribution in [2.45, 2.75) is 52.1 Å². The zero-order chi connectivity index (χ0) is 12.9. The van der Waals surface area contributed by atoms with E-state index in [1.165, 1.54) is 19.3 Å². The van der Waals surface area contributed by atoms with E-state index in [0.29, 0.717) is 13.1 Å². The number of carbonyl (C=O) groups excluding carboxylic acids is 1. The summed E-state index contributed by atoms with van der Waals surface area (Å²) in [6, 6.07) is -0.0612. The third-order valence-corrected chi connectivity index (χ3v) is 3.30. The van der Waals surface area contributed by atoms with Crippen molar-refractivity contribution >= 4 is 6.03 Å². The van der Waals surface area contributed by atoms with Crippen LogP contribution in [-0.2, 0) is 0 Å². The van der Waals surface area contributed by atoms with E-state index in [1.54, 1.807) is 18.7 Å². The molecule has 1 aliphatic carbocycles. The number of likely N-dealkylation sites (N-methyl/N-ethyl adjacent to an activating group) is 1. The lowest BCUT2D eigenvalue weighted by Gasteiger charge is -2.29. The predicted octanol–water partition coefficient (Wildman–Crippen LogP) is 1.98. The van der Waals surface area contributed by atoms with Crippen molar-refractivity contribution in [2.75, 3.05) is 19.6 Å². The van der Waals surface area contributed by atoms with Gasteiger partial charge in [0.05, 0.1) is 12.1 Å². The van der Waals surface area contributed by atoms with Gasteiger partial charge < -0.3 is 15.3 Å². The molecule has 100 valence electrons. The summed E-state index contributed by atoms with van der Waals surface area (Å²) in [5, 5.41) is 12.6. The van der Waals surface area contributed by atoms with E-state index in [2.05, 4.69) is 5.32 Å². The highest BCUT2D eigenvalue weighted by molar-refractivity contribution is 5.74. The SMILES string of the molecule is CCN(CC(C)(C)O)C(=O)NCCC1CCC1. The molecule has 4 heteroatoms. The molecule has 0 aliphatic heterocycles. The minimum atomic E-state index is -0.832. The van der Waals surface area contributed by atoms with E-state index in [9.17, 15) is 9.90 Å². The van der Waals surface area contributed by atoms with Crippen LogP contribution in [-0.4, -0.2) is 41.3 Å². The third-order valence-electron chi connectivity index (χ3n) is 3.30. The second-order valence-corrected chi connectivity index (χ2v) is 5.64. The summed E-state index contributed by atoms with van der Waals surface area (Å²) >= 11 is 0. The van der Waals surface area contributed by atoms with Crippen molar-refractivity contribution in [3.63, 3.8) is 0 Å². The quantitative estimate of drug-likeness (QED) is 0.748. The lowest BCUT2D eigenvalue weighted by molar-refractivity contribution is 0.0479. The normalized spacial score (nSPS) is 16.5. The second kappa shape index (κ2) is 6.24. The molecule has 0 radical (unpaired) electrons. The summed E-state index contributed by atoms with van der Waals surface area (Å²) in [5.74, 6) is 0.819. The molecule has 4 nitrogen and oxygen atoms in total.